The van der Waals surface area contributed by atoms with Crippen LogP contribution in [0.1, 0.15) is 23.3 Å². The summed E-state index contributed by atoms with van der Waals surface area (Å²) in [6, 6.07) is 13.4. The van der Waals surface area contributed by atoms with E-state index in [4.69, 9.17) is 0 Å². The molecule has 2 aromatic rings. The highest BCUT2D eigenvalue weighted by atomic mass is 32.1. The van der Waals surface area contributed by atoms with Crippen molar-refractivity contribution in [1.29, 1.82) is 0 Å². The third-order valence-electron chi connectivity index (χ3n) is 6.15. The first kappa shape index (κ1) is 22.5. The van der Waals surface area contributed by atoms with Gasteiger partial charge in [0.2, 0.25) is 17.7 Å². The van der Waals surface area contributed by atoms with Gasteiger partial charge in [-0.1, -0.05) is 36.4 Å². The molecule has 1 N–H and O–H groups in total. The van der Waals surface area contributed by atoms with E-state index in [2.05, 4.69) is 10.2 Å². The SMILES string of the molecule is O=C(CN1CCN(C(=O)C2CCCN2C(=O)Cc2cccs2)CC1)NCc1ccccc1. The molecule has 2 aliphatic heterocycles. The van der Waals surface area contributed by atoms with Gasteiger partial charge in [0.25, 0.3) is 0 Å². The van der Waals surface area contributed by atoms with Crippen LogP contribution in [0.3, 0.4) is 0 Å². The van der Waals surface area contributed by atoms with Crippen LogP contribution in [-0.2, 0) is 27.3 Å². The van der Waals surface area contributed by atoms with Gasteiger partial charge >= 0.3 is 0 Å². The molecule has 0 radical (unpaired) electrons. The molecule has 0 aliphatic carbocycles. The molecule has 1 unspecified atom stereocenters. The third-order valence-corrected chi connectivity index (χ3v) is 7.02. The van der Waals surface area contributed by atoms with Crippen molar-refractivity contribution in [2.24, 2.45) is 0 Å². The summed E-state index contributed by atoms with van der Waals surface area (Å²) >= 11 is 1.57. The molecule has 1 atom stereocenters. The molecule has 32 heavy (non-hydrogen) atoms. The molecule has 1 aromatic heterocycles. The lowest BCUT2D eigenvalue weighted by molar-refractivity contribution is -0.144. The van der Waals surface area contributed by atoms with Crippen LogP contribution in [0, 0.1) is 0 Å². The second kappa shape index (κ2) is 10.7. The van der Waals surface area contributed by atoms with E-state index in [-0.39, 0.29) is 23.8 Å². The molecular formula is C24H30N4O3S. The van der Waals surface area contributed by atoms with E-state index in [0.717, 1.165) is 23.3 Å². The van der Waals surface area contributed by atoms with Crippen molar-refractivity contribution in [2.75, 3.05) is 39.3 Å². The lowest BCUT2D eigenvalue weighted by Crippen LogP contribution is -2.55. The van der Waals surface area contributed by atoms with Crippen LogP contribution in [0.5, 0.6) is 0 Å². The number of nitrogens with zero attached hydrogens (tertiary/aromatic N) is 3. The normalized spacial score (nSPS) is 19.2. The van der Waals surface area contributed by atoms with Crippen LogP contribution < -0.4 is 5.32 Å². The van der Waals surface area contributed by atoms with Crippen LogP contribution in [0.25, 0.3) is 0 Å². The quantitative estimate of drug-likeness (QED) is 0.692. The second-order valence-corrected chi connectivity index (χ2v) is 9.40. The number of hydrogen-bond donors (Lipinski definition) is 1. The molecule has 2 aliphatic rings. The molecule has 3 heterocycles. The Bertz CT molecular complexity index is 911. The Balaban J connectivity index is 1.22. The van der Waals surface area contributed by atoms with Crippen molar-refractivity contribution in [3.05, 3.63) is 58.3 Å². The van der Waals surface area contributed by atoms with Crippen LogP contribution in [0.4, 0.5) is 0 Å². The lowest BCUT2D eigenvalue weighted by atomic mass is 10.1. The first-order valence-corrected chi connectivity index (χ1v) is 12.1. The molecule has 4 rings (SSSR count). The molecule has 0 saturated carbocycles. The molecule has 0 spiro atoms. The van der Waals surface area contributed by atoms with Crippen molar-refractivity contribution in [1.82, 2.24) is 20.0 Å². The van der Waals surface area contributed by atoms with E-state index >= 15 is 0 Å². The standard InChI is InChI=1S/C24H30N4O3S/c29-22(25-17-19-6-2-1-3-7-19)18-26-11-13-27(14-12-26)24(31)21-9-4-10-28(21)23(30)16-20-8-5-15-32-20/h1-3,5-8,15,21H,4,9-14,16-18H2,(H,25,29). The Hall–Kier alpha value is -2.71. The zero-order valence-corrected chi connectivity index (χ0v) is 19.1. The van der Waals surface area contributed by atoms with Gasteiger partial charge in [-0.05, 0) is 29.9 Å². The minimum Gasteiger partial charge on any atom is -0.351 e. The molecule has 2 fully saturated rings. The Morgan fingerprint density at radius 3 is 2.47 bits per heavy atom. The number of carbonyl (C=O) groups excluding carboxylic acids is 3. The number of benzene rings is 1. The smallest absolute Gasteiger partial charge is 0.245 e. The highest BCUT2D eigenvalue weighted by Gasteiger charge is 2.37. The van der Waals surface area contributed by atoms with Gasteiger partial charge in [0.1, 0.15) is 6.04 Å². The average molecular weight is 455 g/mol. The predicted octanol–water partition coefficient (Wildman–Crippen LogP) is 1.74. The van der Waals surface area contributed by atoms with Gasteiger partial charge in [0, 0.05) is 44.1 Å². The minimum absolute atomic E-state index is 0.00484. The maximum atomic E-state index is 13.1. The highest BCUT2D eigenvalue weighted by molar-refractivity contribution is 7.10. The Morgan fingerprint density at radius 1 is 0.969 bits per heavy atom. The zero-order valence-electron chi connectivity index (χ0n) is 18.2. The predicted molar refractivity (Wildman–Crippen MR) is 124 cm³/mol. The molecule has 170 valence electrons. The Morgan fingerprint density at radius 2 is 1.75 bits per heavy atom. The number of piperazine rings is 1. The molecule has 0 bridgehead atoms. The fraction of sp³-hybridized carbons (Fsp3) is 0.458. The maximum Gasteiger partial charge on any atom is 0.245 e. The number of rotatable bonds is 7. The first-order valence-electron chi connectivity index (χ1n) is 11.2. The minimum atomic E-state index is -0.344. The Labute approximate surface area is 193 Å². The van der Waals surface area contributed by atoms with Gasteiger partial charge in [0.15, 0.2) is 0 Å². The summed E-state index contributed by atoms with van der Waals surface area (Å²) in [4.78, 5) is 44.9. The number of hydrogen-bond acceptors (Lipinski definition) is 5. The topological polar surface area (TPSA) is 73.0 Å². The second-order valence-electron chi connectivity index (χ2n) is 8.37. The summed E-state index contributed by atoms with van der Waals surface area (Å²) in [5.74, 6) is 0.0852. The third kappa shape index (κ3) is 5.75. The fourth-order valence-corrected chi connectivity index (χ4v) is 5.07. The van der Waals surface area contributed by atoms with Crippen molar-refractivity contribution >= 4 is 29.1 Å². The number of likely N-dealkylation sites (tertiary alicyclic amines) is 1. The monoisotopic (exact) mass is 454 g/mol. The van der Waals surface area contributed by atoms with Gasteiger partial charge in [0.05, 0.1) is 13.0 Å². The van der Waals surface area contributed by atoms with E-state index in [1.807, 2.05) is 52.7 Å². The van der Waals surface area contributed by atoms with Crippen molar-refractivity contribution in [3.63, 3.8) is 0 Å². The van der Waals surface area contributed by atoms with Crippen molar-refractivity contribution in [3.8, 4) is 0 Å². The fourth-order valence-electron chi connectivity index (χ4n) is 4.38. The largest absolute Gasteiger partial charge is 0.351 e. The van der Waals surface area contributed by atoms with Gasteiger partial charge in [-0.25, -0.2) is 0 Å². The summed E-state index contributed by atoms with van der Waals surface area (Å²) < 4.78 is 0. The molecule has 3 amide bonds. The summed E-state index contributed by atoms with van der Waals surface area (Å²) in [5, 5.41) is 4.93. The first-order chi connectivity index (χ1) is 15.6. The summed E-state index contributed by atoms with van der Waals surface area (Å²) in [5.41, 5.74) is 1.08. The number of thiophene rings is 1. The Kier molecular flexibility index (Phi) is 7.55. The molecule has 2 saturated heterocycles. The van der Waals surface area contributed by atoms with E-state index in [1.165, 1.54) is 0 Å². The zero-order chi connectivity index (χ0) is 22.3. The van der Waals surface area contributed by atoms with E-state index in [9.17, 15) is 14.4 Å². The number of nitrogens with one attached hydrogen (secondary N) is 1. The summed E-state index contributed by atoms with van der Waals surface area (Å²) in [6.07, 6.45) is 1.97. The summed E-state index contributed by atoms with van der Waals surface area (Å²) in [6.45, 7) is 4.03. The highest BCUT2D eigenvalue weighted by Crippen LogP contribution is 2.22. The molecule has 8 heteroatoms. The lowest BCUT2D eigenvalue weighted by Gasteiger charge is -2.37. The number of carbonyl (C=O) groups is 3. The average Bonchev–Trinajstić information content (AvgIpc) is 3.51. The van der Waals surface area contributed by atoms with Gasteiger partial charge in [-0.2, -0.15) is 0 Å². The van der Waals surface area contributed by atoms with Crippen molar-refractivity contribution in [2.45, 2.75) is 31.8 Å². The van der Waals surface area contributed by atoms with E-state index in [1.54, 1.807) is 16.2 Å². The molecule has 7 nitrogen and oxygen atoms in total. The van der Waals surface area contributed by atoms with E-state index in [0.29, 0.717) is 52.2 Å². The maximum absolute atomic E-state index is 13.1. The van der Waals surface area contributed by atoms with Gasteiger partial charge < -0.3 is 15.1 Å². The van der Waals surface area contributed by atoms with Crippen molar-refractivity contribution < 1.29 is 14.4 Å². The summed E-state index contributed by atoms with van der Waals surface area (Å²) in [7, 11) is 0. The van der Waals surface area contributed by atoms with Crippen LogP contribution in [0.2, 0.25) is 0 Å². The van der Waals surface area contributed by atoms with Gasteiger partial charge in [-0.15, -0.1) is 11.3 Å². The van der Waals surface area contributed by atoms with Gasteiger partial charge in [-0.3, -0.25) is 19.3 Å². The van der Waals surface area contributed by atoms with E-state index < -0.39 is 0 Å². The molecule has 1 aromatic carbocycles. The number of amides is 3. The van der Waals surface area contributed by atoms with Crippen LogP contribution in [0.15, 0.2) is 47.8 Å². The van der Waals surface area contributed by atoms with Crippen LogP contribution in [-0.4, -0.2) is 77.7 Å². The molecular weight excluding hydrogens is 424 g/mol. The van der Waals surface area contributed by atoms with Crippen LogP contribution >= 0.6 is 11.3 Å².